The standard InChI is InChI=1S/C24H28Cl2N2O4/c1-14(22-18(26)13-27-28-22)21-19(29)12-24(32-23(21)30,16-5-3-4-6-16)10-9-15-7-8-20(31-2)17(25)11-15/h7-8,11,13-14,16,21H,3-6,9-10,12H2,1-2H3,(H,27,28). The third-order valence-corrected chi connectivity index (χ3v) is 7.70. The number of carbonyl (C=O) groups excluding carboxylic acids is 2. The molecule has 1 aliphatic heterocycles. The Morgan fingerprint density at radius 2 is 2.00 bits per heavy atom. The number of hydrogen-bond donors (Lipinski definition) is 1. The second kappa shape index (κ2) is 9.44. The van der Waals surface area contributed by atoms with Crippen LogP contribution >= 0.6 is 23.2 Å². The number of aromatic amines is 1. The maximum Gasteiger partial charge on any atom is 0.317 e. The Balaban J connectivity index is 1.56. The average molecular weight is 479 g/mol. The molecule has 8 heteroatoms. The van der Waals surface area contributed by atoms with Gasteiger partial charge in [0.05, 0.1) is 29.0 Å². The van der Waals surface area contributed by atoms with E-state index in [2.05, 4.69) is 10.2 Å². The summed E-state index contributed by atoms with van der Waals surface area (Å²) >= 11 is 12.5. The fourth-order valence-corrected chi connectivity index (χ4v) is 5.87. The maximum atomic E-state index is 13.4. The molecule has 0 radical (unpaired) electrons. The zero-order chi connectivity index (χ0) is 22.9. The van der Waals surface area contributed by atoms with Gasteiger partial charge >= 0.3 is 5.97 Å². The third kappa shape index (κ3) is 4.40. The van der Waals surface area contributed by atoms with Gasteiger partial charge in [-0.15, -0.1) is 0 Å². The lowest BCUT2D eigenvalue weighted by atomic mass is 9.72. The SMILES string of the molecule is COc1ccc(CCC2(C3CCCC3)CC(=O)C(C(C)c3[nH]ncc3Cl)C(=O)O2)cc1Cl. The summed E-state index contributed by atoms with van der Waals surface area (Å²) in [7, 11) is 1.58. The highest BCUT2D eigenvalue weighted by Gasteiger charge is 2.53. The van der Waals surface area contributed by atoms with Crippen LogP contribution in [0, 0.1) is 11.8 Å². The Morgan fingerprint density at radius 1 is 1.25 bits per heavy atom. The van der Waals surface area contributed by atoms with Crippen LogP contribution in [-0.4, -0.2) is 34.7 Å². The van der Waals surface area contributed by atoms with E-state index in [1.165, 1.54) is 6.20 Å². The van der Waals surface area contributed by atoms with Crippen molar-refractivity contribution in [2.24, 2.45) is 11.8 Å². The number of halogens is 2. The number of aromatic nitrogens is 2. The number of aryl methyl sites for hydroxylation is 1. The van der Waals surface area contributed by atoms with Gasteiger partial charge in [0, 0.05) is 12.3 Å². The van der Waals surface area contributed by atoms with Crippen LogP contribution in [0.15, 0.2) is 24.4 Å². The Labute approximate surface area is 198 Å². The quantitative estimate of drug-likeness (QED) is 0.418. The molecule has 0 amide bonds. The molecule has 2 aromatic rings. The molecule has 1 aromatic heterocycles. The molecular formula is C24H28Cl2N2O4. The number of rotatable bonds is 7. The largest absolute Gasteiger partial charge is 0.495 e. The zero-order valence-corrected chi connectivity index (χ0v) is 19.8. The smallest absolute Gasteiger partial charge is 0.317 e. The number of H-pyrrole nitrogens is 1. The van der Waals surface area contributed by atoms with Crippen LogP contribution in [-0.2, 0) is 20.7 Å². The lowest BCUT2D eigenvalue weighted by Crippen LogP contribution is -2.52. The summed E-state index contributed by atoms with van der Waals surface area (Å²) in [6, 6.07) is 5.68. The molecule has 1 N–H and O–H groups in total. The summed E-state index contributed by atoms with van der Waals surface area (Å²) in [6.45, 7) is 1.81. The molecule has 4 rings (SSSR count). The van der Waals surface area contributed by atoms with Gasteiger partial charge in [-0.05, 0) is 49.3 Å². The molecular weight excluding hydrogens is 451 g/mol. The normalized spacial score (nSPS) is 25.1. The van der Waals surface area contributed by atoms with Crippen LogP contribution in [0.25, 0.3) is 0 Å². The first-order valence-electron chi connectivity index (χ1n) is 11.1. The van der Waals surface area contributed by atoms with Crippen LogP contribution in [0.5, 0.6) is 5.75 Å². The van der Waals surface area contributed by atoms with Crippen molar-refractivity contribution in [1.82, 2.24) is 10.2 Å². The van der Waals surface area contributed by atoms with Crippen molar-refractivity contribution in [3.8, 4) is 5.75 Å². The van der Waals surface area contributed by atoms with Gasteiger partial charge < -0.3 is 9.47 Å². The van der Waals surface area contributed by atoms with E-state index in [9.17, 15) is 9.59 Å². The topological polar surface area (TPSA) is 81.3 Å². The van der Waals surface area contributed by atoms with E-state index >= 15 is 0 Å². The zero-order valence-electron chi connectivity index (χ0n) is 18.3. The van der Waals surface area contributed by atoms with Gasteiger partial charge in [0.25, 0.3) is 0 Å². The Bertz CT molecular complexity index is 982. The van der Waals surface area contributed by atoms with Crippen molar-refractivity contribution in [3.05, 3.63) is 45.7 Å². The van der Waals surface area contributed by atoms with E-state index in [0.717, 1.165) is 31.2 Å². The number of hydrogen-bond acceptors (Lipinski definition) is 5. The van der Waals surface area contributed by atoms with Crippen LogP contribution < -0.4 is 4.74 Å². The average Bonchev–Trinajstić information content (AvgIpc) is 3.44. The van der Waals surface area contributed by atoms with Crippen LogP contribution in [0.2, 0.25) is 10.0 Å². The first-order chi connectivity index (χ1) is 15.3. The molecule has 2 fully saturated rings. The Hall–Kier alpha value is -2.05. The molecule has 0 spiro atoms. The summed E-state index contributed by atoms with van der Waals surface area (Å²) in [4.78, 5) is 26.6. The van der Waals surface area contributed by atoms with Crippen molar-refractivity contribution in [2.45, 2.75) is 63.4 Å². The lowest BCUT2D eigenvalue weighted by Gasteiger charge is -2.44. The molecule has 0 bridgehead atoms. The Kier molecular flexibility index (Phi) is 6.82. The molecule has 1 saturated heterocycles. The molecule has 6 nitrogen and oxygen atoms in total. The van der Waals surface area contributed by atoms with E-state index in [-0.39, 0.29) is 18.1 Å². The minimum Gasteiger partial charge on any atom is -0.495 e. The van der Waals surface area contributed by atoms with Crippen molar-refractivity contribution in [3.63, 3.8) is 0 Å². The second-order valence-electron chi connectivity index (χ2n) is 8.98. The summed E-state index contributed by atoms with van der Waals surface area (Å²) in [5.74, 6) is -1.03. The van der Waals surface area contributed by atoms with E-state index in [4.69, 9.17) is 32.7 Å². The van der Waals surface area contributed by atoms with Gasteiger partial charge in [-0.1, -0.05) is 49.0 Å². The van der Waals surface area contributed by atoms with Gasteiger partial charge in [0.1, 0.15) is 17.3 Å². The highest BCUT2D eigenvalue weighted by Crippen LogP contribution is 2.47. The summed E-state index contributed by atoms with van der Waals surface area (Å²) in [5.41, 5.74) is 0.838. The highest BCUT2D eigenvalue weighted by atomic mass is 35.5. The van der Waals surface area contributed by atoms with Crippen molar-refractivity contribution in [2.75, 3.05) is 7.11 Å². The van der Waals surface area contributed by atoms with Gasteiger partial charge in [-0.25, -0.2) is 0 Å². The lowest BCUT2D eigenvalue weighted by molar-refractivity contribution is -0.186. The minimum atomic E-state index is -0.877. The molecule has 1 aliphatic carbocycles. The molecule has 3 atom stereocenters. The number of nitrogens with zero attached hydrogens (tertiary/aromatic N) is 1. The molecule has 1 aromatic carbocycles. The Morgan fingerprint density at radius 3 is 2.59 bits per heavy atom. The van der Waals surface area contributed by atoms with E-state index < -0.39 is 23.4 Å². The predicted octanol–water partition coefficient (Wildman–Crippen LogP) is 5.52. The summed E-state index contributed by atoms with van der Waals surface area (Å²) < 4.78 is 11.4. The third-order valence-electron chi connectivity index (χ3n) is 7.11. The first-order valence-corrected chi connectivity index (χ1v) is 11.9. The number of cyclic esters (lactones) is 1. The number of nitrogens with one attached hydrogen (secondary N) is 1. The minimum absolute atomic E-state index is 0.0842. The fraction of sp³-hybridized carbons (Fsp3) is 0.542. The van der Waals surface area contributed by atoms with Gasteiger partial charge in [-0.3, -0.25) is 14.7 Å². The first kappa shape index (κ1) is 23.1. The molecule has 2 aliphatic rings. The molecule has 2 heterocycles. The van der Waals surface area contributed by atoms with E-state index in [1.807, 2.05) is 25.1 Å². The molecule has 32 heavy (non-hydrogen) atoms. The second-order valence-corrected chi connectivity index (χ2v) is 9.79. The van der Waals surface area contributed by atoms with Crippen LogP contribution in [0.3, 0.4) is 0 Å². The fourth-order valence-electron chi connectivity index (χ4n) is 5.33. The van der Waals surface area contributed by atoms with Gasteiger partial charge in [0.2, 0.25) is 0 Å². The van der Waals surface area contributed by atoms with E-state index in [0.29, 0.717) is 34.3 Å². The van der Waals surface area contributed by atoms with Crippen molar-refractivity contribution < 1.29 is 19.1 Å². The molecule has 3 unspecified atom stereocenters. The highest BCUT2D eigenvalue weighted by molar-refractivity contribution is 6.32. The number of Topliss-reactive ketones (excluding diaryl/α,β-unsaturated/α-hetero) is 1. The number of carbonyl (C=O) groups is 2. The van der Waals surface area contributed by atoms with Crippen LogP contribution in [0.4, 0.5) is 0 Å². The molecule has 1 saturated carbocycles. The number of esters is 1. The number of ether oxygens (including phenoxy) is 2. The summed E-state index contributed by atoms with van der Waals surface area (Å²) in [5, 5.41) is 7.70. The van der Waals surface area contributed by atoms with Gasteiger partial charge in [-0.2, -0.15) is 5.10 Å². The van der Waals surface area contributed by atoms with Crippen molar-refractivity contribution >= 4 is 35.0 Å². The number of methoxy groups -OCH3 is 1. The monoisotopic (exact) mass is 478 g/mol. The predicted molar refractivity (Wildman–Crippen MR) is 122 cm³/mol. The van der Waals surface area contributed by atoms with E-state index in [1.54, 1.807) is 7.11 Å². The van der Waals surface area contributed by atoms with Crippen molar-refractivity contribution in [1.29, 1.82) is 0 Å². The summed E-state index contributed by atoms with van der Waals surface area (Å²) in [6.07, 6.45) is 7.08. The molecule has 172 valence electrons. The van der Waals surface area contributed by atoms with Crippen LogP contribution in [0.1, 0.15) is 62.6 Å². The maximum absolute atomic E-state index is 13.4. The van der Waals surface area contributed by atoms with Gasteiger partial charge in [0.15, 0.2) is 5.78 Å². The number of benzene rings is 1. The number of ketones is 1.